The van der Waals surface area contributed by atoms with E-state index < -0.39 is 0 Å². The van der Waals surface area contributed by atoms with E-state index in [1.165, 1.54) is 18.4 Å². The van der Waals surface area contributed by atoms with Crippen molar-refractivity contribution in [2.45, 2.75) is 31.8 Å². The van der Waals surface area contributed by atoms with Crippen molar-refractivity contribution >= 4 is 11.3 Å². The first-order chi connectivity index (χ1) is 9.35. The number of nitrogens with one attached hydrogen (secondary N) is 1. The molecular weight excluding hydrogens is 256 g/mol. The SMILES string of the molecule is COc1ccccc1Cc1nc(CNC2CC2)cs1. The van der Waals surface area contributed by atoms with Gasteiger partial charge < -0.3 is 10.1 Å². The minimum absolute atomic E-state index is 0.736. The zero-order valence-corrected chi connectivity index (χ0v) is 11.9. The summed E-state index contributed by atoms with van der Waals surface area (Å²) in [5.41, 5.74) is 2.35. The minimum atomic E-state index is 0.736. The second kappa shape index (κ2) is 5.72. The monoisotopic (exact) mass is 274 g/mol. The first kappa shape index (κ1) is 12.6. The summed E-state index contributed by atoms with van der Waals surface area (Å²) in [6.45, 7) is 0.896. The molecule has 100 valence electrons. The second-order valence-corrected chi connectivity index (χ2v) is 5.82. The molecule has 1 aromatic heterocycles. The van der Waals surface area contributed by atoms with Crippen LogP contribution in [0.3, 0.4) is 0 Å². The molecule has 1 N–H and O–H groups in total. The van der Waals surface area contributed by atoms with E-state index in [0.29, 0.717) is 0 Å². The minimum Gasteiger partial charge on any atom is -0.496 e. The van der Waals surface area contributed by atoms with Crippen LogP contribution in [0, 0.1) is 0 Å². The van der Waals surface area contributed by atoms with Gasteiger partial charge in [0.1, 0.15) is 5.75 Å². The number of benzene rings is 1. The quantitative estimate of drug-likeness (QED) is 0.879. The van der Waals surface area contributed by atoms with Crippen molar-refractivity contribution in [1.29, 1.82) is 0 Å². The summed E-state index contributed by atoms with van der Waals surface area (Å²) < 4.78 is 5.38. The Morgan fingerprint density at radius 3 is 3.00 bits per heavy atom. The molecular formula is C15H18N2OS. The summed E-state index contributed by atoms with van der Waals surface area (Å²) in [4.78, 5) is 4.68. The van der Waals surface area contributed by atoms with Gasteiger partial charge in [-0.05, 0) is 18.9 Å². The van der Waals surface area contributed by atoms with Crippen LogP contribution in [-0.2, 0) is 13.0 Å². The van der Waals surface area contributed by atoms with Crippen molar-refractivity contribution in [3.05, 3.63) is 45.9 Å². The van der Waals surface area contributed by atoms with Crippen LogP contribution >= 0.6 is 11.3 Å². The highest BCUT2D eigenvalue weighted by Gasteiger charge is 2.20. The van der Waals surface area contributed by atoms with Crippen LogP contribution in [0.1, 0.15) is 29.1 Å². The number of hydrogen-bond acceptors (Lipinski definition) is 4. The van der Waals surface area contributed by atoms with Gasteiger partial charge >= 0.3 is 0 Å². The summed E-state index contributed by atoms with van der Waals surface area (Å²) in [6, 6.07) is 8.87. The highest BCUT2D eigenvalue weighted by atomic mass is 32.1. The maximum atomic E-state index is 5.38. The molecule has 0 radical (unpaired) electrons. The molecule has 3 rings (SSSR count). The molecule has 1 saturated carbocycles. The first-order valence-electron chi connectivity index (χ1n) is 6.63. The van der Waals surface area contributed by atoms with E-state index in [0.717, 1.165) is 35.5 Å². The first-order valence-corrected chi connectivity index (χ1v) is 7.51. The molecule has 0 atom stereocenters. The lowest BCUT2D eigenvalue weighted by Gasteiger charge is -2.05. The molecule has 2 aromatic rings. The highest BCUT2D eigenvalue weighted by Crippen LogP contribution is 2.23. The molecule has 0 unspecified atom stereocenters. The van der Waals surface area contributed by atoms with Crippen molar-refractivity contribution < 1.29 is 4.74 Å². The van der Waals surface area contributed by atoms with Gasteiger partial charge in [0.15, 0.2) is 0 Å². The summed E-state index contributed by atoms with van der Waals surface area (Å²) in [5, 5.41) is 6.80. The van der Waals surface area contributed by atoms with Crippen LogP contribution in [0.15, 0.2) is 29.6 Å². The fourth-order valence-electron chi connectivity index (χ4n) is 2.06. The molecule has 0 bridgehead atoms. The van der Waals surface area contributed by atoms with Crippen molar-refractivity contribution in [2.75, 3.05) is 7.11 Å². The molecule has 1 aliphatic rings. The largest absolute Gasteiger partial charge is 0.496 e. The number of hydrogen-bond donors (Lipinski definition) is 1. The molecule has 0 spiro atoms. The Kier molecular flexibility index (Phi) is 3.80. The van der Waals surface area contributed by atoms with Crippen LogP contribution in [0.2, 0.25) is 0 Å². The Balaban J connectivity index is 1.65. The van der Waals surface area contributed by atoms with Gasteiger partial charge in [-0.1, -0.05) is 18.2 Å². The number of nitrogens with zero attached hydrogens (tertiary/aromatic N) is 1. The number of ether oxygens (including phenoxy) is 1. The topological polar surface area (TPSA) is 34.1 Å². The van der Waals surface area contributed by atoms with Gasteiger partial charge in [0, 0.05) is 30.0 Å². The van der Waals surface area contributed by atoms with Crippen molar-refractivity contribution in [3.63, 3.8) is 0 Å². The molecule has 4 heteroatoms. The molecule has 0 saturated heterocycles. The standard InChI is InChI=1S/C15H18N2OS/c1-18-14-5-3-2-4-11(14)8-15-17-13(10-19-15)9-16-12-6-7-12/h2-5,10,12,16H,6-9H2,1H3. The highest BCUT2D eigenvalue weighted by molar-refractivity contribution is 7.09. The van der Waals surface area contributed by atoms with Crippen molar-refractivity contribution in [3.8, 4) is 5.75 Å². The average molecular weight is 274 g/mol. The maximum absolute atomic E-state index is 5.38. The van der Waals surface area contributed by atoms with Gasteiger partial charge in [0.05, 0.1) is 17.8 Å². The lowest BCUT2D eigenvalue weighted by atomic mass is 10.1. The Morgan fingerprint density at radius 2 is 2.21 bits per heavy atom. The van der Waals surface area contributed by atoms with E-state index in [1.807, 2.05) is 18.2 Å². The third-order valence-corrected chi connectivity index (χ3v) is 4.18. The number of aromatic nitrogens is 1. The van der Waals surface area contributed by atoms with Gasteiger partial charge in [-0.15, -0.1) is 11.3 Å². The third kappa shape index (κ3) is 3.33. The summed E-state index contributed by atoms with van der Waals surface area (Å²) >= 11 is 1.73. The van der Waals surface area contributed by atoms with E-state index in [2.05, 4.69) is 21.7 Å². The zero-order valence-electron chi connectivity index (χ0n) is 11.1. The molecule has 0 aliphatic heterocycles. The lowest BCUT2D eigenvalue weighted by Crippen LogP contribution is -2.15. The van der Waals surface area contributed by atoms with E-state index in [1.54, 1.807) is 18.4 Å². The van der Waals surface area contributed by atoms with Gasteiger partial charge in [0.2, 0.25) is 0 Å². The smallest absolute Gasteiger partial charge is 0.122 e. The van der Waals surface area contributed by atoms with E-state index in [4.69, 9.17) is 4.74 Å². The summed E-state index contributed by atoms with van der Waals surface area (Å²) in [6.07, 6.45) is 3.48. The molecule has 19 heavy (non-hydrogen) atoms. The Bertz CT molecular complexity index is 549. The van der Waals surface area contributed by atoms with Crippen LogP contribution in [0.25, 0.3) is 0 Å². The number of methoxy groups -OCH3 is 1. The van der Waals surface area contributed by atoms with Crippen LogP contribution in [0.5, 0.6) is 5.75 Å². The number of thiazole rings is 1. The second-order valence-electron chi connectivity index (χ2n) is 4.88. The Hall–Kier alpha value is -1.39. The Labute approximate surface area is 117 Å². The van der Waals surface area contributed by atoms with Crippen LogP contribution in [-0.4, -0.2) is 18.1 Å². The summed E-state index contributed by atoms with van der Waals surface area (Å²) in [5.74, 6) is 0.940. The molecule has 1 heterocycles. The van der Waals surface area contributed by atoms with Gasteiger partial charge in [-0.3, -0.25) is 0 Å². The number of para-hydroxylation sites is 1. The number of rotatable bonds is 6. The van der Waals surface area contributed by atoms with Gasteiger partial charge in [-0.25, -0.2) is 4.98 Å². The lowest BCUT2D eigenvalue weighted by molar-refractivity contribution is 0.410. The average Bonchev–Trinajstić information content (AvgIpc) is 3.17. The Morgan fingerprint density at radius 1 is 1.37 bits per heavy atom. The summed E-state index contributed by atoms with van der Waals surface area (Å²) in [7, 11) is 1.71. The molecule has 1 aliphatic carbocycles. The molecule has 0 amide bonds. The zero-order chi connectivity index (χ0) is 13.1. The predicted molar refractivity (Wildman–Crippen MR) is 77.8 cm³/mol. The van der Waals surface area contributed by atoms with Crippen LogP contribution < -0.4 is 10.1 Å². The van der Waals surface area contributed by atoms with Crippen molar-refractivity contribution in [1.82, 2.24) is 10.3 Å². The molecule has 1 fully saturated rings. The van der Waals surface area contributed by atoms with E-state index >= 15 is 0 Å². The molecule has 3 nitrogen and oxygen atoms in total. The fourth-order valence-corrected chi connectivity index (χ4v) is 2.88. The maximum Gasteiger partial charge on any atom is 0.122 e. The van der Waals surface area contributed by atoms with E-state index in [-0.39, 0.29) is 0 Å². The van der Waals surface area contributed by atoms with E-state index in [9.17, 15) is 0 Å². The fraction of sp³-hybridized carbons (Fsp3) is 0.400. The van der Waals surface area contributed by atoms with Gasteiger partial charge in [0.25, 0.3) is 0 Å². The predicted octanol–water partition coefficient (Wildman–Crippen LogP) is 2.99. The third-order valence-electron chi connectivity index (χ3n) is 3.28. The molecule has 1 aromatic carbocycles. The van der Waals surface area contributed by atoms with Gasteiger partial charge in [-0.2, -0.15) is 0 Å². The normalized spacial score (nSPS) is 14.6. The van der Waals surface area contributed by atoms with Crippen LogP contribution in [0.4, 0.5) is 0 Å². The van der Waals surface area contributed by atoms with Crippen molar-refractivity contribution in [2.24, 2.45) is 0 Å².